The van der Waals surface area contributed by atoms with Gasteiger partial charge in [-0.1, -0.05) is 24.3 Å². The van der Waals surface area contributed by atoms with E-state index in [1.54, 1.807) is 0 Å². The normalized spacial score (nSPS) is 15.6. The van der Waals surface area contributed by atoms with Gasteiger partial charge in [0.15, 0.2) is 0 Å². The number of halogens is 2. The maximum Gasteiger partial charge on any atom is 0.129 e. The van der Waals surface area contributed by atoms with Gasteiger partial charge in [0.2, 0.25) is 0 Å². The van der Waals surface area contributed by atoms with Gasteiger partial charge in [0.1, 0.15) is 11.6 Å². The Morgan fingerprint density at radius 2 is 1.71 bits per heavy atom. The van der Waals surface area contributed by atoms with Crippen molar-refractivity contribution in [1.82, 2.24) is 0 Å². The molecule has 2 N–H and O–H groups in total. The maximum absolute atomic E-state index is 13.7. The Morgan fingerprint density at radius 3 is 2.48 bits per heavy atom. The van der Waals surface area contributed by atoms with E-state index in [1.807, 2.05) is 6.07 Å². The van der Waals surface area contributed by atoms with Crippen molar-refractivity contribution in [2.24, 2.45) is 5.73 Å². The lowest BCUT2D eigenvalue weighted by Crippen LogP contribution is -2.15. The Balaban J connectivity index is 1.80. The van der Waals surface area contributed by atoms with Crippen molar-refractivity contribution in [3.8, 4) is 0 Å². The van der Waals surface area contributed by atoms with Gasteiger partial charge in [-0.15, -0.1) is 0 Å². The molecule has 0 aromatic heterocycles. The minimum atomic E-state index is -0.557. The number of nitrogens with two attached hydrogens (primary N) is 1. The number of hydrogen-bond acceptors (Lipinski definition) is 1. The summed E-state index contributed by atoms with van der Waals surface area (Å²) in [6.45, 7) is 0. The quantitative estimate of drug-likeness (QED) is 0.904. The molecule has 1 atom stereocenters. The van der Waals surface area contributed by atoms with Gasteiger partial charge in [-0.3, -0.25) is 0 Å². The Bertz CT molecular complexity index is 652. The third-order valence-corrected chi connectivity index (χ3v) is 4.26. The monoisotopic (exact) mass is 287 g/mol. The molecule has 1 aliphatic rings. The van der Waals surface area contributed by atoms with E-state index in [-0.39, 0.29) is 6.04 Å². The zero-order valence-electron chi connectivity index (χ0n) is 11.9. The molecule has 2 aromatic carbocycles. The van der Waals surface area contributed by atoms with Crippen molar-refractivity contribution in [2.45, 2.75) is 38.1 Å². The first-order chi connectivity index (χ1) is 10.1. The van der Waals surface area contributed by atoms with Crippen molar-refractivity contribution in [1.29, 1.82) is 0 Å². The smallest absolute Gasteiger partial charge is 0.129 e. The molecule has 0 aliphatic heterocycles. The van der Waals surface area contributed by atoms with Crippen LogP contribution >= 0.6 is 0 Å². The number of hydrogen-bond donors (Lipinski definition) is 1. The van der Waals surface area contributed by atoms with Gasteiger partial charge in [0.25, 0.3) is 0 Å². The first-order valence-electron chi connectivity index (χ1n) is 7.44. The van der Waals surface area contributed by atoms with Crippen molar-refractivity contribution in [3.63, 3.8) is 0 Å². The average molecular weight is 287 g/mol. The molecule has 0 radical (unpaired) electrons. The molecule has 0 saturated heterocycles. The van der Waals surface area contributed by atoms with Gasteiger partial charge in [0.05, 0.1) is 0 Å². The minimum Gasteiger partial charge on any atom is -0.324 e. The van der Waals surface area contributed by atoms with Crippen LogP contribution in [-0.4, -0.2) is 0 Å². The summed E-state index contributed by atoms with van der Waals surface area (Å²) in [5.74, 6) is -1.08. The Labute approximate surface area is 123 Å². The van der Waals surface area contributed by atoms with Gasteiger partial charge in [-0.05, 0) is 60.4 Å². The van der Waals surface area contributed by atoms with Crippen LogP contribution in [0.5, 0.6) is 0 Å². The molecular formula is C18H19F2N. The highest BCUT2D eigenvalue weighted by molar-refractivity contribution is 5.36. The summed E-state index contributed by atoms with van der Waals surface area (Å²) in [6.07, 6.45) is 5.08. The summed E-state index contributed by atoms with van der Waals surface area (Å²) in [7, 11) is 0. The van der Waals surface area contributed by atoms with Crippen LogP contribution in [0, 0.1) is 11.6 Å². The summed E-state index contributed by atoms with van der Waals surface area (Å²) in [5.41, 5.74) is 10.5. The number of aryl methyl sites for hydroxylation is 2. The second kappa shape index (κ2) is 5.94. The summed E-state index contributed by atoms with van der Waals surface area (Å²) in [4.78, 5) is 0. The van der Waals surface area contributed by atoms with E-state index in [1.165, 1.54) is 36.1 Å². The van der Waals surface area contributed by atoms with E-state index in [2.05, 4.69) is 12.1 Å². The SMILES string of the molecule is NC(Cc1ccc(F)cc1F)c1ccc2c(c1)CCCC2. The third kappa shape index (κ3) is 3.13. The molecular weight excluding hydrogens is 268 g/mol. The fourth-order valence-corrected chi connectivity index (χ4v) is 3.03. The first kappa shape index (κ1) is 14.2. The molecule has 2 aromatic rings. The molecule has 1 unspecified atom stereocenters. The molecule has 0 heterocycles. The van der Waals surface area contributed by atoms with Crippen LogP contribution in [0.4, 0.5) is 8.78 Å². The van der Waals surface area contributed by atoms with Crippen LogP contribution in [0.15, 0.2) is 36.4 Å². The van der Waals surface area contributed by atoms with Crippen LogP contribution in [0.1, 0.15) is 41.1 Å². The fourth-order valence-electron chi connectivity index (χ4n) is 3.03. The minimum absolute atomic E-state index is 0.266. The number of benzene rings is 2. The second-order valence-electron chi connectivity index (χ2n) is 5.78. The van der Waals surface area contributed by atoms with Crippen LogP contribution < -0.4 is 5.73 Å². The molecule has 110 valence electrons. The zero-order chi connectivity index (χ0) is 14.8. The van der Waals surface area contributed by atoms with Crippen molar-refractivity contribution < 1.29 is 8.78 Å². The van der Waals surface area contributed by atoms with Crippen LogP contribution in [0.2, 0.25) is 0 Å². The van der Waals surface area contributed by atoms with Crippen LogP contribution in [-0.2, 0) is 19.3 Å². The Morgan fingerprint density at radius 1 is 0.952 bits per heavy atom. The van der Waals surface area contributed by atoms with Crippen molar-refractivity contribution >= 4 is 0 Å². The predicted octanol–water partition coefficient (Wildman–Crippen LogP) is 4.09. The highest BCUT2D eigenvalue weighted by Gasteiger charge is 2.14. The summed E-state index contributed by atoms with van der Waals surface area (Å²) in [6, 6.07) is 9.73. The Kier molecular flexibility index (Phi) is 4.02. The second-order valence-corrected chi connectivity index (χ2v) is 5.78. The summed E-state index contributed by atoms with van der Waals surface area (Å²) < 4.78 is 26.6. The molecule has 0 saturated carbocycles. The van der Waals surface area contributed by atoms with E-state index >= 15 is 0 Å². The predicted molar refractivity (Wildman–Crippen MR) is 80.1 cm³/mol. The van der Waals surface area contributed by atoms with E-state index < -0.39 is 11.6 Å². The van der Waals surface area contributed by atoms with E-state index in [9.17, 15) is 8.78 Å². The lowest BCUT2D eigenvalue weighted by atomic mass is 9.88. The zero-order valence-corrected chi connectivity index (χ0v) is 11.9. The van der Waals surface area contributed by atoms with Crippen LogP contribution in [0.25, 0.3) is 0 Å². The molecule has 0 amide bonds. The molecule has 3 heteroatoms. The van der Waals surface area contributed by atoms with Crippen molar-refractivity contribution in [3.05, 3.63) is 70.3 Å². The van der Waals surface area contributed by atoms with Gasteiger partial charge in [-0.2, -0.15) is 0 Å². The van der Waals surface area contributed by atoms with Gasteiger partial charge in [0, 0.05) is 12.1 Å². The van der Waals surface area contributed by atoms with Gasteiger partial charge < -0.3 is 5.73 Å². The lowest BCUT2D eigenvalue weighted by Gasteiger charge is -2.19. The van der Waals surface area contributed by atoms with Gasteiger partial charge >= 0.3 is 0 Å². The average Bonchev–Trinajstić information content (AvgIpc) is 2.49. The lowest BCUT2D eigenvalue weighted by molar-refractivity contribution is 0.563. The summed E-state index contributed by atoms with van der Waals surface area (Å²) >= 11 is 0. The van der Waals surface area contributed by atoms with Gasteiger partial charge in [-0.25, -0.2) is 8.78 Å². The van der Waals surface area contributed by atoms with Crippen LogP contribution in [0.3, 0.4) is 0 Å². The fraction of sp³-hybridized carbons (Fsp3) is 0.333. The molecule has 0 fully saturated rings. The maximum atomic E-state index is 13.7. The molecule has 1 nitrogen and oxygen atoms in total. The topological polar surface area (TPSA) is 26.0 Å². The van der Waals surface area contributed by atoms with E-state index in [0.717, 1.165) is 24.5 Å². The molecule has 3 rings (SSSR count). The molecule has 21 heavy (non-hydrogen) atoms. The molecule has 0 spiro atoms. The van der Waals surface area contributed by atoms with E-state index in [0.29, 0.717) is 12.0 Å². The highest BCUT2D eigenvalue weighted by Crippen LogP contribution is 2.26. The Hall–Kier alpha value is -1.74. The van der Waals surface area contributed by atoms with Crippen molar-refractivity contribution in [2.75, 3.05) is 0 Å². The first-order valence-corrected chi connectivity index (χ1v) is 7.44. The standard InChI is InChI=1S/C18H19F2N/c19-16-8-7-14(17(20)11-16)10-18(21)15-6-5-12-3-1-2-4-13(12)9-15/h5-9,11,18H,1-4,10,21H2. The summed E-state index contributed by atoms with van der Waals surface area (Å²) in [5, 5.41) is 0. The third-order valence-electron chi connectivity index (χ3n) is 4.26. The number of fused-ring (bicyclic) bond motifs is 1. The molecule has 1 aliphatic carbocycles. The largest absolute Gasteiger partial charge is 0.324 e. The highest BCUT2D eigenvalue weighted by atomic mass is 19.1. The van der Waals surface area contributed by atoms with E-state index in [4.69, 9.17) is 5.73 Å². The molecule has 0 bridgehead atoms. The number of rotatable bonds is 3.